The molecule has 1 aliphatic heterocycles. The lowest BCUT2D eigenvalue weighted by molar-refractivity contribution is -0.384. The zero-order valence-corrected chi connectivity index (χ0v) is 11.7. The van der Waals surface area contributed by atoms with Crippen molar-refractivity contribution in [2.75, 3.05) is 6.61 Å². The smallest absolute Gasteiger partial charge is 0.269 e. The minimum atomic E-state index is -0.373. The maximum absolute atomic E-state index is 10.7. The Kier molecular flexibility index (Phi) is 4.06. The van der Waals surface area contributed by atoms with Crippen LogP contribution in [-0.2, 0) is 4.74 Å². The van der Waals surface area contributed by atoms with Crippen LogP contribution in [-0.4, -0.2) is 11.5 Å². The Labute approximate surface area is 124 Å². The van der Waals surface area contributed by atoms with Crippen molar-refractivity contribution < 1.29 is 9.66 Å². The van der Waals surface area contributed by atoms with Gasteiger partial charge in [-0.25, -0.2) is 0 Å². The number of nitrogens with zero attached hydrogens (tertiary/aromatic N) is 1. The summed E-state index contributed by atoms with van der Waals surface area (Å²) in [6.07, 6.45) is 12.8. The van der Waals surface area contributed by atoms with E-state index in [1.54, 1.807) is 12.1 Å². The highest BCUT2D eigenvalue weighted by Crippen LogP contribution is 2.38. The van der Waals surface area contributed by atoms with Crippen LogP contribution in [0.4, 0.5) is 5.69 Å². The molecule has 0 bridgehead atoms. The molecule has 0 amide bonds. The first-order valence-corrected chi connectivity index (χ1v) is 7.28. The fraction of sp³-hybridized carbons (Fsp3) is 0.353. The summed E-state index contributed by atoms with van der Waals surface area (Å²) in [4.78, 5) is 10.3. The first kappa shape index (κ1) is 13.9. The molecule has 1 aromatic carbocycles. The standard InChI is InChI=1S/C17H18NO3/c19-18(20)16-8-6-14(7-9-16)17-12-15(10-11-21-17)13-4-2-1-3-5-13/h1-9,13,15,17H,10-12H2/q+1. The van der Waals surface area contributed by atoms with Gasteiger partial charge in [-0.05, 0) is 42.5 Å². The summed E-state index contributed by atoms with van der Waals surface area (Å²) < 4.78 is 5.86. The molecule has 1 saturated heterocycles. The van der Waals surface area contributed by atoms with Crippen LogP contribution >= 0.6 is 0 Å². The van der Waals surface area contributed by atoms with Gasteiger partial charge >= 0.3 is 0 Å². The predicted octanol–water partition coefficient (Wildman–Crippen LogP) is 4.01. The van der Waals surface area contributed by atoms with Crippen molar-refractivity contribution in [3.63, 3.8) is 0 Å². The third kappa shape index (κ3) is 3.16. The fourth-order valence-electron chi connectivity index (χ4n) is 3.04. The number of allylic oxidation sites excluding steroid dienone is 4. The van der Waals surface area contributed by atoms with E-state index >= 15 is 0 Å². The minimum Gasteiger partial charge on any atom is -0.374 e. The molecule has 4 heteroatoms. The number of hydrogen-bond acceptors (Lipinski definition) is 3. The molecule has 21 heavy (non-hydrogen) atoms. The summed E-state index contributed by atoms with van der Waals surface area (Å²) in [7, 11) is 0. The summed E-state index contributed by atoms with van der Waals surface area (Å²) in [5.41, 5.74) is 1.15. The predicted molar refractivity (Wildman–Crippen MR) is 80.6 cm³/mol. The van der Waals surface area contributed by atoms with Crippen LogP contribution in [0.15, 0.2) is 48.6 Å². The monoisotopic (exact) mass is 284 g/mol. The Bertz CT molecular complexity index is 562. The molecule has 4 nitrogen and oxygen atoms in total. The second-order valence-corrected chi connectivity index (χ2v) is 5.53. The molecular weight excluding hydrogens is 266 g/mol. The van der Waals surface area contributed by atoms with Gasteiger partial charge in [0.15, 0.2) is 0 Å². The zero-order chi connectivity index (χ0) is 14.7. The molecule has 1 aromatic rings. The van der Waals surface area contributed by atoms with E-state index in [1.165, 1.54) is 0 Å². The fourth-order valence-corrected chi connectivity index (χ4v) is 3.04. The van der Waals surface area contributed by atoms with Gasteiger partial charge in [-0.3, -0.25) is 10.1 Å². The molecule has 0 spiro atoms. The molecule has 3 rings (SSSR count). The molecule has 1 aliphatic carbocycles. The van der Waals surface area contributed by atoms with E-state index in [0.29, 0.717) is 11.8 Å². The van der Waals surface area contributed by atoms with E-state index in [4.69, 9.17) is 4.74 Å². The third-order valence-corrected chi connectivity index (χ3v) is 4.23. The summed E-state index contributed by atoms with van der Waals surface area (Å²) >= 11 is 0. The second kappa shape index (κ2) is 6.14. The highest BCUT2D eigenvalue weighted by molar-refractivity contribution is 5.34. The van der Waals surface area contributed by atoms with E-state index in [1.807, 2.05) is 18.2 Å². The molecule has 0 radical (unpaired) electrons. The molecule has 0 N–H and O–H groups in total. The van der Waals surface area contributed by atoms with Crippen LogP contribution in [0.3, 0.4) is 0 Å². The van der Waals surface area contributed by atoms with Crippen molar-refractivity contribution in [2.24, 2.45) is 11.8 Å². The van der Waals surface area contributed by atoms with Crippen LogP contribution in [0, 0.1) is 28.4 Å². The number of nitro groups is 1. The first-order chi connectivity index (χ1) is 10.2. The van der Waals surface area contributed by atoms with Crippen LogP contribution in [0.2, 0.25) is 0 Å². The van der Waals surface area contributed by atoms with Crippen molar-refractivity contribution in [1.29, 1.82) is 0 Å². The minimum absolute atomic E-state index is 0.0391. The SMILES string of the molecule is O=[N+]([O-])c1ccc(C2CC(C3C=CC=C[CH+]3)CCO2)cc1. The Morgan fingerprint density at radius 2 is 2.05 bits per heavy atom. The summed E-state index contributed by atoms with van der Waals surface area (Å²) in [6.45, 7) is 0.744. The highest BCUT2D eigenvalue weighted by atomic mass is 16.6. The maximum Gasteiger partial charge on any atom is 0.269 e. The third-order valence-electron chi connectivity index (χ3n) is 4.23. The topological polar surface area (TPSA) is 52.4 Å². The molecule has 2 aliphatic rings. The van der Waals surface area contributed by atoms with Crippen LogP contribution in [0.1, 0.15) is 24.5 Å². The largest absolute Gasteiger partial charge is 0.374 e. The Morgan fingerprint density at radius 3 is 2.71 bits per heavy atom. The van der Waals surface area contributed by atoms with Gasteiger partial charge in [0.05, 0.1) is 29.1 Å². The molecule has 1 heterocycles. The van der Waals surface area contributed by atoms with Crippen molar-refractivity contribution in [3.05, 3.63) is 70.7 Å². The van der Waals surface area contributed by atoms with Crippen molar-refractivity contribution in [2.45, 2.75) is 18.9 Å². The number of nitro benzene ring substituents is 1. The molecule has 1 fully saturated rings. The summed E-state index contributed by atoms with van der Waals surface area (Å²) in [6, 6.07) is 6.73. The van der Waals surface area contributed by atoms with E-state index in [9.17, 15) is 10.1 Å². The lowest BCUT2D eigenvalue weighted by atomic mass is 9.79. The molecule has 108 valence electrons. The van der Waals surface area contributed by atoms with Crippen molar-refractivity contribution in [3.8, 4) is 0 Å². The molecule has 3 atom stereocenters. The van der Waals surface area contributed by atoms with Crippen LogP contribution in [0.5, 0.6) is 0 Å². The summed E-state index contributed by atoms with van der Waals surface area (Å²) in [5, 5.41) is 10.7. The number of benzene rings is 1. The Hall–Kier alpha value is -2.07. The Morgan fingerprint density at radius 1 is 1.24 bits per heavy atom. The normalized spacial score (nSPS) is 28.1. The van der Waals surface area contributed by atoms with Crippen molar-refractivity contribution >= 4 is 5.69 Å². The van der Waals surface area contributed by atoms with E-state index in [-0.39, 0.29) is 16.7 Å². The lowest BCUT2D eigenvalue weighted by Gasteiger charge is -2.32. The summed E-state index contributed by atoms with van der Waals surface area (Å²) in [5.74, 6) is 1.04. The number of ether oxygens (including phenoxy) is 1. The molecule has 0 aromatic heterocycles. The van der Waals surface area contributed by atoms with Gasteiger partial charge in [-0.2, -0.15) is 0 Å². The van der Waals surface area contributed by atoms with Gasteiger partial charge < -0.3 is 4.74 Å². The van der Waals surface area contributed by atoms with Gasteiger partial charge in [-0.15, -0.1) is 0 Å². The maximum atomic E-state index is 10.7. The number of non-ortho nitro benzene ring substituents is 1. The van der Waals surface area contributed by atoms with E-state index < -0.39 is 0 Å². The quantitative estimate of drug-likeness (QED) is 0.479. The Balaban J connectivity index is 1.69. The van der Waals surface area contributed by atoms with Gasteiger partial charge in [0.1, 0.15) is 0 Å². The van der Waals surface area contributed by atoms with Gasteiger partial charge in [0.2, 0.25) is 0 Å². The highest BCUT2D eigenvalue weighted by Gasteiger charge is 2.31. The average molecular weight is 284 g/mol. The van der Waals surface area contributed by atoms with Crippen LogP contribution < -0.4 is 0 Å². The molecule has 3 unspecified atom stereocenters. The van der Waals surface area contributed by atoms with Crippen LogP contribution in [0.25, 0.3) is 0 Å². The van der Waals surface area contributed by atoms with Gasteiger partial charge in [-0.1, -0.05) is 0 Å². The van der Waals surface area contributed by atoms with E-state index in [2.05, 4.69) is 24.6 Å². The number of hydrogen-bond donors (Lipinski definition) is 0. The molecule has 0 saturated carbocycles. The zero-order valence-electron chi connectivity index (χ0n) is 11.7. The van der Waals surface area contributed by atoms with Gasteiger partial charge in [0.25, 0.3) is 5.69 Å². The lowest BCUT2D eigenvalue weighted by Crippen LogP contribution is -2.25. The average Bonchev–Trinajstić information content (AvgIpc) is 2.56. The van der Waals surface area contributed by atoms with Gasteiger partial charge in [0, 0.05) is 31.2 Å². The van der Waals surface area contributed by atoms with Crippen molar-refractivity contribution in [1.82, 2.24) is 0 Å². The first-order valence-electron chi connectivity index (χ1n) is 7.28. The molecular formula is C17H18NO3+. The van der Waals surface area contributed by atoms with E-state index in [0.717, 1.165) is 25.0 Å². The second-order valence-electron chi connectivity index (χ2n) is 5.53. The number of rotatable bonds is 3.